The number of hydrogen-bond donors (Lipinski definition) is 1. The molecule has 0 radical (unpaired) electrons. The SMILES string of the molecule is CCCNC(CC(C)COC)c1ccoc1. The summed E-state index contributed by atoms with van der Waals surface area (Å²) >= 11 is 0. The van der Waals surface area contributed by atoms with Gasteiger partial charge in [-0.05, 0) is 31.4 Å². The standard InChI is InChI=1S/C13H23NO2/c1-4-6-14-13(8-11(2)9-15-3)12-5-7-16-10-12/h5,7,10-11,13-14H,4,6,8-9H2,1-3H3. The third-order valence-corrected chi connectivity index (χ3v) is 2.68. The van der Waals surface area contributed by atoms with E-state index in [1.54, 1.807) is 13.4 Å². The molecule has 2 unspecified atom stereocenters. The Balaban J connectivity index is 2.50. The summed E-state index contributed by atoms with van der Waals surface area (Å²) in [4.78, 5) is 0. The van der Waals surface area contributed by atoms with Crippen LogP contribution in [0, 0.1) is 5.92 Å². The Kier molecular flexibility index (Phi) is 6.19. The minimum atomic E-state index is 0.379. The van der Waals surface area contributed by atoms with Crippen LogP contribution in [-0.4, -0.2) is 20.3 Å². The van der Waals surface area contributed by atoms with Crippen LogP contribution in [0.4, 0.5) is 0 Å². The summed E-state index contributed by atoms with van der Waals surface area (Å²) < 4.78 is 10.3. The summed E-state index contributed by atoms with van der Waals surface area (Å²) in [6.45, 7) is 6.24. The van der Waals surface area contributed by atoms with Gasteiger partial charge in [-0.1, -0.05) is 13.8 Å². The number of methoxy groups -OCH3 is 1. The second-order valence-electron chi connectivity index (χ2n) is 4.36. The average Bonchev–Trinajstić information content (AvgIpc) is 2.77. The maximum atomic E-state index is 5.18. The predicted octanol–water partition coefficient (Wildman–Crippen LogP) is 2.99. The molecule has 0 amide bonds. The molecule has 1 heterocycles. The average molecular weight is 225 g/mol. The van der Waals surface area contributed by atoms with E-state index in [-0.39, 0.29) is 0 Å². The molecule has 3 nitrogen and oxygen atoms in total. The summed E-state index contributed by atoms with van der Waals surface area (Å²) in [5.41, 5.74) is 1.23. The predicted molar refractivity (Wildman–Crippen MR) is 65.4 cm³/mol. The van der Waals surface area contributed by atoms with Gasteiger partial charge < -0.3 is 14.5 Å². The molecule has 0 aromatic carbocycles. The first-order valence-corrected chi connectivity index (χ1v) is 6.02. The van der Waals surface area contributed by atoms with Crippen molar-refractivity contribution in [3.8, 4) is 0 Å². The zero-order valence-electron chi connectivity index (χ0n) is 10.5. The van der Waals surface area contributed by atoms with Gasteiger partial charge in [-0.3, -0.25) is 0 Å². The molecule has 3 heteroatoms. The Morgan fingerprint density at radius 3 is 2.88 bits per heavy atom. The molecule has 0 bridgehead atoms. The lowest BCUT2D eigenvalue weighted by Crippen LogP contribution is -2.24. The van der Waals surface area contributed by atoms with Crippen LogP contribution in [0.2, 0.25) is 0 Å². The van der Waals surface area contributed by atoms with Gasteiger partial charge in [0.25, 0.3) is 0 Å². The quantitative estimate of drug-likeness (QED) is 0.738. The summed E-state index contributed by atoms with van der Waals surface area (Å²) in [5.74, 6) is 0.550. The molecule has 0 spiro atoms. The highest BCUT2D eigenvalue weighted by Gasteiger charge is 2.15. The van der Waals surface area contributed by atoms with E-state index in [2.05, 4.69) is 19.2 Å². The van der Waals surface area contributed by atoms with Crippen LogP contribution < -0.4 is 5.32 Å². The van der Waals surface area contributed by atoms with Crippen LogP contribution in [0.3, 0.4) is 0 Å². The largest absolute Gasteiger partial charge is 0.472 e. The number of ether oxygens (including phenoxy) is 1. The van der Waals surface area contributed by atoms with E-state index >= 15 is 0 Å². The van der Waals surface area contributed by atoms with Gasteiger partial charge in [0.1, 0.15) is 0 Å². The number of hydrogen-bond acceptors (Lipinski definition) is 3. The smallest absolute Gasteiger partial charge is 0.0950 e. The summed E-state index contributed by atoms with van der Waals surface area (Å²) in [6, 6.07) is 2.41. The molecule has 92 valence electrons. The molecule has 1 aromatic heterocycles. The van der Waals surface area contributed by atoms with Gasteiger partial charge in [-0.25, -0.2) is 0 Å². The molecule has 1 N–H and O–H groups in total. The zero-order chi connectivity index (χ0) is 11.8. The lowest BCUT2D eigenvalue weighted by atomic mass is 9.98. The highest BCUT2D eigenvalue weighted by molar-refractivity contribution is 5.11. The fourth-order valence-corrected chi connectivity index (χ4v) is 1.88. The number of rotatable bonds is 8. The van der Waals surface area contributed by atoms with Gasteiger partial charge in [0, 0.05) is 25.3 Å². The van der Waals surface area contributed by atoms with Gasteiger partial charge in [0.2, 0.25) is 0 Å². The van der Waals surface area contributed by atoms with Crippen LogP contribution in [0.15, 0.2) is 23.0 Å². The van der Waals surface area contributed by atoms with Gasteiger partial charge in [-0.15, -0.1) is 0 Å². The minimum Gasteiger partial charge on any atom is -0.472 e. The first kappa shape index (κ1) is 13.3. The van der Waals surface area contributed by atoms with Gasteiger partial charge in [0.15, 0.2) is 0 Å². The fourth-order valence-electron chi connectivity index (χ4n) is 1.88. The molecule has 0 fully saturated rings. The normalized spacial score (nSPS) is 14.9. The van der Waals surface area contributed by atoms with Crippen molar-refractivity contribution in [3.63, 3.8) is 0 Å². The molecule has 0 aliphatic carbocycles. The second-order valence-corrected chi connectivity index (χ2v) is 4.36. The molecule has 0 saturated heterocycles. The van der Waals surface area contributed by atoms with Crippen molar-refractivity contribution in [1.29, 1.82) is 0 Å². The Morgan fingerprint density at radius 1 is 1.50 bits per heavy atom. The van der Waals surface area contributed by atoms with E-state index in [4.69, 9.17) is 9.15 Å². The summed E-state index contributed by atoms with van der Waals surface area (Å²) in [5, 5.41) is 3.55. The fraction of sp³-hybridized carbons (Fsp3) is 0.692. The van der Waals surface area contributed by atoms with Crippen molar-refractivity contribution >= 4 is 0 Å². The molecule has 0 saturated carbocycles. The molecule has 0 aliphatic rings. The van der Waals surface area contributed by atoms with Crippen molar-refractivity contribution in [2.45, 2.75) is 32.7 Å². The van der Waals surface area contributed by atoms with E-state index in [0.29, 0.717) is 12.0 Å². The van der Waals surface area contributed by atoms with Crippen LogP contribution in [0.25, 0.3) is 0 Å². The lowest BCUT2D eigenvalue weighted by Gasteiger charge is -2.20. The molecule has 2 atom stereocenters. The second kappa shape index (κ2) is 7.47. The molecule has 1 aromatic rings. The van der Waals surface area contributed by atoms with E-state index < -0.39 is 0 Å². The monoisotopic (exact) mass is 225 g/mol. The summed E-state index contributed by atoms with van der Waals surface area (Å²) in [7, 11) is 1.75. The molecule has 1 rings (SSSR count). The Labute approximate surface area is 98.2 Å². The first-order valence-electron chi connectivity index (χ1n) is 6.02. The van der Waals surface area contributed by atoms with Crippen LogP contribution in [0.1, 0.15) is 38.3 Å². The Morgan fingerprint density at radius 2 is 2.31 bits per heavy atom. The van der Waals surface area contributed by atoms with Crippen molar-refractivity contribution in [3.05, 3.63) is 24.2 Å². The van der Waals surface area contributed by atoms with Gasteiger partial charge in [0.05, 0.1) is 12.5 Å². The molecule has 0 aliphatic heterocycles. The number of nitrogens with one attached hydrogen (secondary N) is 1. The van der Waals surface area contributed by atoms with E-state index in [1.165, 1.54) is 5.56 Å². The lowest BCUT2D eigenvalue weighted by molar-refractivity contribution is 0.149. The zero-order valence-corrected chi connectivity index (χ0v) is 10.5. The van der Waals surface area contributed by atoms with E-state index in [9.17, 15) is 0 Å². The van der Waals surface area contributed by atoms with Crippen molar-refractivity contribution in [1.82, 2.24) is 5.32 Å². The third kappa shape index (κ3) is 4.37. The summed E-state index contributed by atoms with van der Waals surface area (Å²) in [6.07, 6.45) is 5.78. The minimum absolute atomic E-state index is 0.379. The topological polar surface area (TPSA) is 34.4 Å². The Hall–Kier alpha value is -0.800. The van der Waals surface area contributed by atoms with E-state index in [1.807, 2.05) is 12.3 Å². The Bertz CT molecular complexity index is 259. The van der Waals surface area contributed by atoms with Crippen LogP contribution in [-0.2, 0) is 4.74 Å². The van der Waals surface area contributed by atoms with Crippen LogP contribution >= 0.6 is 0 Å². The maximum Gasteiger partial charge on any atom is 0.0950 e. The first-order chi connectivity index (χ1) is 7.77. The van der Waals surface area contributed by atoms with Gasteiger partial charge in [-0.2, -0.15) is 0 Å². The third-order valence-electron chi connectivity index (χ3n) is 2.68. The molecule has 16 heavy (non-hydrogen) atoms. The highest BCUT2D eigenvalue weighted by atomic mass is 16.5. The maximum absolute atomic E-state index is 5.18. The van der Waals surface area contributed by atoms with Crippen molar-refractivity contribution in [2.24, 2.45) is 5.92 Å². The number of furan rings is 1. The van der Waals surface area contributed by atoms with Gasteiger partial charge >= 0.3 is 0 Å². The van der Waals surface area contributed by atoms with Crippen LogP contribution in [0.5, 0.6) is 0 Å². The molecular formula is C13H23NO2. The van der Waals surface area contributed by atoms with Crippen molar-refractivity contribution in [2.75, 3.05) is 20.3 Å². The molecular weight excluding hydrogens is 202 g/mol. The van der Waals surface area contributed by atoms with E-state index in [0.717, 1.165) is 26.0 Å². The highest BCUT2D eigenvalue weighted by Crippen LogP contribution is 2.21. The van der Waals surface area contributed by atoms with Crippen molar-refractivity contribution < 1.29 is 9.15 Å².